The van der Waals surface area contributed by atoms with Crippen LogP contribution in [0.5, 0.6) is 0 Å². The largest absolute Gasteiger partial charge is 0.343 e. The summed E-state index contributed by atoms with van der Waals surface area (Å²) in [4.78, 5) is 10.6. The van der Waals surface area contributed by atoms with Crippen molar-refractivity contribution in [2.45, 2.75) is 37.5 Å². The standard InChI is InChI=1S/C18H26N4/c1-22-10-5-14(6-11-22)17-12-16-15(4-9-20-18(16)21-17)13-2-7-19-8-3-13/h4,9,12-14,19H,2-3,5-8,10-11H2,1H3,(H,20,21). The average molecular weight is 298 g/mol. The first kappa shape index (κ1) is 14.2. The van der Waals surface area contributed by atoms with Gasteiger partial charge in [-0.1, -0.05) is 0 Å². The highest BCUT2D eigenvalue weighted by Gasteiger charge is 2.23. The minimum Gasteiger partial charge on any atom is -0.343 e. The molecule has 4 heterocycles. The minimum atomic E-state index is 0.672. The quantitative estimate of drug-likeness (QED) is 0.896. The molecule has 2 saturated heterocycles. The zero-order valence-electron chi connectivity index (χ0n) is 13.4. The van der Waals surface area contributed by atoms with E-state index in [4.69, 9.17) is 0 Å². The summed E-state index contributed by atoms with van der Waals surface area (Å²) >= 11 is 0. The van der Waals surface area contributed by atoms with Crippen LogP contribution in [0.25, 0.3) is 11.0 Å². The molecule has 4 nitrogen and oxygen atoms in total. The fourth-order valence-corrected chi connectivity index (χ4v) is 4.10. The number of fused-ring (bicyclic) bond motifs is 1. The molecule has 2 aromatic heterocycles. The highest BCUT2D eigenvalue weighted by atomic mass is 15.1. The maximum Gasteiger partial charge on any atom is 0.137 e. The molecule has 0 saturated carbocycles. The first-order chi connectivity index (χ1) is 10.8. The van der Waals surface area contributed by atoms with Crippen LogP contribution >= 0.6 is 0 Å². The van der Waals surface area contributed by atoms with Gasteiger partial charge in [0.25, 0.3) is 0 Å². The van der Waals surface area contributed by atoms with Gasteiger partial charge in [-0.05, 0) is 82.5 Å². The second kappa shape index (κ2) is 6.01. The van der Waals surface area contributed by atoms with Gasteiger partial charge in [0, 0.05) is 23.2 Å². The molecule has 4 rings (SSSR count). The van der Waals surface area contributed by atoms with Gasteiger partial charge >= 0.3 is 0 Å². The van der Waals surface area contributed by atoms with E-state index >= 15 is 0 Å². The van der Waals surface area contributed by atoms with Crippen molar-refractivity contribution < 1.29 is 0 Å². The molecular formula is C18H26N4. The first-order valence-electron chi connectivity index (χ1n) is 8.68. The van der Waals surface area contributed by atoms with Crippen molar-refractivity contribution in [1.29, 1.82) is 0 Å². The van der Waals surface area contributed by atoms with E-state index < -0.39 is 0 Å². The van der Waals surface area contributed by atoms with Crippen molar-refractivity contribution in [3.63, 3.8) is 0 Å². The third kappa shape index (κ3) is 2.66. The van der Waals surface area contributed by atoms with Crippen LogP contribution in [0.1, 0.15) is 48.8 Å². The molecule has 0 aliphatic carbocycles. The number of pyridine rings is 1. The highest BCUT2D eigenvalue weighted by molar-refractivity contribution is 5.81. The van der Waals surface area contributed by atoms with Gasteiger partial charge in [-0.2, -0.15) is 0 Å². The molecule has 4 heteroatoms. The average Bonchev–Trinajstić information content (AvgIpc) is 3.00. The highest BCUT2D eigenvalue weighted by Crippen LogP contribution is 2.34. The Kier molecular flexibility index (Phi) is 3.89. The van der Waals surface area contributed by atoms with Gasteiger partial charge in [0.15, 0.2) is 0 Å². The molecule has 0 radical (unpaired) electrons. The Labute approximate surface area is 132 Å². The molecule has 2 N–H and O–H groups in total. The normalized spacial score (nSPS) is 22.4. The summed E-state index contributed by atoms with van der Waals surface area (Å²) in [5.41, 5.74) is 3.99. The van der Waals surface area contributed by atoms with Crippen molar-refractivity contribution in [1.82, 2.24) is 20.2 Å². The lowest BCUT2D eigenvalue weighted by molar-refractivity contribution is 0.254. The van der Waals surface area contributed by atoms with E-state index in [0.717, 1.165) is 18.7 Å². The van der Waals surface area contributed by atoms with E-state index in [9.17, 15) is 0 Å². The van der Waals surface area contributed by atoms with Crippen LogP contribution in [0.2, 0.25) is 0 Å². The van der Waals surface area contributed by atoms with Gasteiger partial charge in [0.05, 0.1) is 0 Å². The Morgan fingerprint density at radius 1 is 1.09 bits per heavy atom. The number of nitrogens with one attached hydrogen (secondary N) is 2. The maximum atomic E-state index is 4.59. The molecule has 0 unspecified atom stereocenters. The van der Waals surface area contributed by atoms with Gasteiger partial charge in [-0.25, -0.2) is 4.98 Å². The van der Waals surface area contributed by atoms with Crippen molar-refractivity contribution in [3.05, 3.63) is 29.6 Å². The molecule has 2 aromatic rings. The summed E-state index contributed by atoms with van der Waals surface area (Å²) in [6, 6.07) is 4.64. The van der Waals surface area contributed by atoms with Crippen molar-refractivity contribution >= 4 is 11.0 Å². The van der Waals surface area contributed by atoms with Crippen LogP contribution in [-0.4, -0.2) is 48.1 Å². The lowest BCUT2D eigenvalue weighted by atomic mass is 9.88. The van der Waals surface area contributed by atoms with Crippen LogP contribution < -0.4 is 5.32 Å². The lowest BCUT2D eigenvalue weighted by Crippen LogP contribution is -2.29. The zero-order chi connectivity index (χ0) is 14.9. The van der Waals surface area contributed by atoms with Gasteiger partial charge in [-0.3, -0.25) is 0 Å². The number of hydrogen-bond acceptors (Lipinski definition) is 3. The summed E-state index contributed by atoms with van der Waals surface area (Å²) in [6.45, 7) is 4.69. The van der Waals surface area contributed by atoms with Crippen LogP contribution in [0.15, 0.2) is 18.3 Å². The Morgan fingerprint density at radius 3 is 2.64 bits per heavy atom. The van der Waals surface area contributed by atoms with Crippen molar-refractivity contribution in [2.75, 3.05) is 33.2 Å². The van der Waals surface area contributed by atoms with E-state index in [2.05, 4.69) is 39.4 Å². The van der Waals surface area contributed by atoms with E-state index in [1.54, 1.807) is 0 Å². The molecule has 0 aromatic carbocycles. The number of nitrogens with zero attached hydrogens (tertiary/aromatic N) is 2. The summed E-state index contributed by atoms with van der Waals surface area (Å²) in [5, 5.41) is 4.83. The van der Waals surface area contributed by atoms with Crippen LogP contribution in [0.4, 0.5) is 0 Å². The van der Waals surface area contributed by atoms with Gasteiger partial charge in [0.1, 0.15) is 5.65 Å². The van der Waals surface area contributed by atoms with Gasteiger partial charge in [-0.15, -0.1) is 0 Å². The van der Waals surface area contributed by atoms with E-state index in [-0.39, 0.29) is 0 Å². The Morgan fingerprint density at radius 2 is 1.86 bits per heavy atom. The van der Waals surface area contributed by atoms with Gasteiger partial charge in [0.2, 0.25) is 0 Å². The predicted molar refractivity (Wildman–Crippen MR) is 90.4 cm³/mol. The summed E-state index contributed by atoms with van der Waals surface area (Å²) in [5.74, 6) is 1.36. The lowest BCUT2D eigenvalue weighted by Gasteiger charge is -2.28. The SMILES string of the molecule is CN1CCC(c2cc3c(C4CCNCC4)ccnc3[nH]2)CC1. The molecule has 22 heavy (non-hydrogen) atoms. The maximum absolute atomic E-state index is 4.59. The second-order valence-corrected chi connectivity index (χ2v) is 6.99. The number of aromatic nitrogens is 2. The van der Waals surface area contributed by atoms with Crippen molar-refractivity contribution in [2.24, 2.45) is 0 Å². The smallest absolute Gasteiger partial charge is 0.137 e. The molecule has 118 valence electrons. The number of rotatable bonds is 2. The molecule has 2 aliphatic rings. The second-order valence-electron chi connectivity index (χ2n) is 6.99. The molecule has 0 atom stereocenters. The molecule has 0 amide bonds. The third-order valence-corrected chi connectivity index (χ3v) is 5.52. The molecule has 0 spiro atoms. The fourth-order valence-electron chi connectivity index (χ4n) is 4.10. The summed E-state index contributed by atoms with van der Waals surface area (Å²) in [6.07, 6.45) is 6.98. The summed E-state index contributed by atoms with van der Waals surface area (Å²) < 4.78 is 0. The van der Waals surface area contributed by atoms with Crippen LogP contribution in [0.3, 0.4) is 0 Å². The van der Waals surface area contributed by atoms with Crippen molar-refractivity contribution in [3.8, 4) is 0 Å². The first-order valence-corrected chi connectivity index (χ1v) is 8.68. The minimum absolute atomic E-state index is 0.672. The molecule has 2 aliphatic heterocycles. The fraction of sp³-hybridized carbons (Fsp3) is 0.611. The van der Waals surface area contributed by atoms with E-state index in [1.807, 2.05) is 6.20 Å². The predicted octanol–water partition coefficient (Wildman–Crippen LogP) is 2.84. The Hall–Kier alpha value is -1.39. The number of hydrogen-bond donors (Lipinski definition) is 2. The van der Waals surface area contributed by atoms with Crippen LogP contribution in [0, 0.1) is 0 Å². The van der Waals surface area contributed by atoms with E-state index in [1.165, 1.54) is 55.4 Å². The van der Waals surface area contributed by atoms with E-state index in [0.29, 0.717) is 11.8 Å². The summed E-state index contributed by atoms with van der Waals surface area (Å²) in [7, 11) is 2.22. The van der Waals surface area contributed by atoms with Gasteiger partial charge < -0.3 is 15.2 Å². The monoisotopic (exact) mass is 298 g/mol. The zero-order valence-corrected chi connectivity index (χ0v) is 13.4. The number of piperidine rings is 2. The molecule has 0 bridgehead atoms. The number of H-pyrrole nitrogens is 1. The number of aromatic amines is 1. The Bertz CT molecular complexity index is 634. The third-order valence-electron chi connectivity index (χ3n) is 5.52. The van der Waals surface area contributed by atoms with Crippen LogP contribution in [-0.2, 0) is 0 Å². The number of likely N-dealkylation sites (tertiary alicyclic amines) is 1. The molecule has 2 fully saturated rings. The Balaban J connectivity index is 1.65. The topological polar surface area (TPSA) is 44.0 Å². The molecular weight excluding hydrogens is 272 g/mol.